The van der Waals surface area contributed by atoms with Crippen LogP contribution in [0.2, 0.25) is 0 Å². The fourth-order valence-corrected chi connectivity index (χ4v) is 4.74. The van der Waals surface area contributed by atoms with Gasteiger partial charge in [-0.3, -0.25) is 4.90 Å². The summed E-state index contributed by atoms with van der Waals surface area (Å²) < 4.78 is 6.99. The van der Waals surface area contributed by atoms with Crippen molar-refractivity contribution >= 4 is 27.7 Å². The number of anilines is 1. The van der Waals surface area contributed by atoms with E-state index in [4.69, 9.17) is 4.74 Å². The molecule has 2 aromatic carbocycles. The van der Waals surface area contributed by atoms with Crippen molar-refractivity contribution in [2.24, 2.45) is 0 Å². The van der Waals surface area contributed by atoms with E-state index in [0.717, 1.165) is 28.6 Å². The van der Waals surface area contributed by atoms with E-state index in [1.807, 2.05) is 54.6 Å². The summed E-state index contributed by atoms with van der Waals surface area (Å²) in [5, 5.41) is 0. The molecule has 4 rings (SSSR count). The van der Waals surface area contributed by atoms with Crippen LogP contribution in [-0.4, -0.2) is 36.2 Å². The van der Waals surface area contributed by atoms with Crippen LogP contribution >= 0.6 is 15.9 Å². The van der Waals surface area contributed by atoms with Gasteiger partial charge in [0.2, 0.25) is 0 Å². The molecule has 2 aliphatic heterocycles. The summed E-state index contributed by atoms with van der Waals surface area (Å²) in [6, 6.07) is 18.9. The van der Waals surface area contributed by atoms with Gasteiger partial charge in [0, 0.05) is 35.1 Å². The van der Waals surface area contributed by atoms with Gasteiger partial charge in [-0.15, -0.1) is 0 Å². The molecule has 2 aromatic rings. The van der Waals surface area contributed by atoms with Crippen molar-refractivity contribution in [3.8, 4) is 0 Å². The summed E-state index contributed by atoms with van der Waals surface area (Å²) in [6.45, 7) is 0.476. The first kappa shape index (κ1) is 18.5. The second kappa shape index (κ2) is 8.03. The number of para-hydroxylation sites is 1. The minimum Gasteiger partial charge on any atom is -0.446 e. The van der Waals surface area contributed by atoms with E-state index in [-0.39, 0.29) is 12.2 Å². The number of nitrogens with zero attached hydrogens (tertiary/aromatic N) is 2. The monoisotopic (exact) mass is 428 g/mol. The quantitative estimate of drug-likeness (QED) is 0.669. The van der Waals surface area contributed by atoms with Crippen molar-refractivity contribution in [2.75, 3.05) is 11.9 Å². The first-order valence-electron chi connectivity index (χ1n) is 9.60. The van der Waals surface area contributed by atoms with Gasteiger partial charge in [0.15, 0.2) is 0 Å². The highest BCUT2D eigenvalue weighted by Crippen LogP contribution is 2.36. The van der Waals surface area contributed by atoms with Crippen LogP contribution in [0.1, 0.15) is 31.2 Å². The maximum absolute atomic E-state index is 13.1. The van der Waals surface area contributed by atoms with Crippen molar-refractivity contribution in [2.45, 2.75) is 50.4 Å². The van der Waals surface area contributed by atoms with E-state index in [2.05, 4.69) is 27.9 Å². The predicted octanol–water partition coefficient (Wildman–Crippen LogP) is 5.22. The number of hydrogen-bond donors (Lipinski definition) is 0. The van der Waals surface area contributed by atoms with Gasteiger partial charge in [-0.05, 0) is 43.7 Å². The lowest BCUT2D eigenvalue weighted by molar-refractivity contribution is 0.0314. The van der Waals surface area contributed by atoms with E-state index in [9.17, 15) is 4.79 Å². The molecule has 2 bridgehead atoms. The zero-order chi connectivity index (χ0) is 18.8. The summed E-state index contributed by atoms with van der Waals surface area (Å²) in [7, 11) is 2.20. The highest BCUT2D eigenvalue weighted by Gasteiger charge is 2.40. The third-order valence-electron chi connectivity index (χ3n) is 5.90. The molecule has 27 heavy (non-hydrogen) atoms. The van der Waals surface area contributed by atoms with E-state index >= 15 is 0 Å². The topological polar surface area (TPSA) is 32.8 Å². The molecule has 2 saturated heterocycles. The highest BCUT2D eigenvalue weighted by molar-refractivity contribution is 9.10. The Balaban J connectivity index is 1.52. The van der Waals surface area contributed by atoms with Crippen LogP contribution in [0, 0.1) is 0 Å². The molecule has 142 valence electrons. The molecule has 0 aliphatic carbocycles. The number of piperidine rings is 1. The lowest BCUT2D eigenvalue weighted by Gasteiger charge is -2.36. The zero-order valence-corrected chi connectivity index (χ0v) is 17.1. The minimum atomic E-state index is -0.258. The molecule has 2 aliphatic rings. The fraction of sp³-hybridized carbons (Fsp3) is 0.409. The molecule has 0 spiro atoms. The van der Waals surface area contributed by atoms with E-state index in [1.165, 1.54) is 12.8 Å². The molecule has 1 amide bonds. The predicted molar refractivity (Wildman–Crippen MR) is 111 cm³/mol. The Bertz CT molecular complexity index is 784. The van der Waals surface area contributed by atoms with Gasteiger partial charge in [-0.1, -0.05) is 52.3 Å². The summed E-state index contributed by atoms with van der Waals surface area (Å²) in [4.78, 5) is 17.3. The number of fused-ring (bicyclic) bond motifs is 2. The SMILES string of the molecule is CN1[C@@H]2CC[C@H]1CC(OC(=O)N(Cc1ccccc1Br)c1ccccc1)C2. The summed E-state index contributed by atoms with van der Waals surface area (Å²) in [5.74, 6) is 0. The number of carbonyl (C=O) groups excluding carboxylic acids is 1. The van der Waals surface area contributed by atoms with Crippen molar-refractivity contribution in [3.05, 3.63) is 64.6 Å². The van der Waals surface area contributed by atoms with Gasteiger partial charge in [0.25, 0.3) is 0 Å². The van der Waals surface area contributed by atoms with Crippen molar-refractivity contribution in [3.63, 3.8) is 0 Å². The summed E-state index contributed by atoms with van der Waals surface area (Å²) in [6.07, 6.45) is 4.07. The Morgan fingerprint density at radius 3 is 2.37 bits per heavy atom. The number of rotatable bonds is 4. The number of carbonyl (C=O) groups is 1. The molecular formula is C22H25BrN2O2. The Kier molecular flexibility index (Phi) is 5.50. The van der Waals surface area contributed by atoms with Crippen molar-refractivity contribution in [1.82, 2.24) is 4.90 Å². The second-order valence-corrected chi connectivity index (χ2v) is 8.40. The molecule has 0 N–H and O–H groups in total. The van der Waals surface area contributed by atoms with E-state index < -0.39 is 0 Å². The Labute approximate surface area is 169 Å². The smallest absolute Gasteiger partial charge is 0.414 e. The molecule has 3 atom stereocenters. The maximum atomic E-state index is 13.1. The average molecular weight is 429 g/mol. The van der Waals surface area contributed by atoms with Crippen LogP contribution in [0.3, 0.4) is 0 Å². The number of halogens is 1. The fourth-order valence-electron chi connectivity index (χ4n) is 4.33. The van der Waals surface area contributed by atoms with Crippen LogP contribution < -0.4 is 4.90 Å². The Morgan fingerprint density at radius 2 is 1.70 bits per heavy atom. The third kappa shape index (κ3) is 4.04. The van der Waals surface area contributed by atoms with E-state index in [1.54, 1.807) is 4.90 Å². The van der Waals surface area contributed by atoms with Gasteiger partial charge in [-0.2, -0.15) is 0 Å². The number of benzene rings is 2. The minimum absolute atomic E-state index is 0.0108. The lowest BCUT2D eigenvalue weighted by Crippen LogP contribution is -2.45. The average Bonchev–Trinajstić information content (AvgIpc) is 2.89. The molecule has 4 nitrogen and oxygen atoms in total. The summed E-state index contributed by atoms with van der Waals surface area (Å²) in [5.41, 5.74) is 1.91. The largest absolute Gasteiger partial charge is 0.446 e. The molecule has 1 unspecified atom stereocenters. The standard InChI is InChI=1S/C22H25BrN2O2/c1-24-18-11-12-19(24)14-20(13-18)27-22(26)25(17-8-3-2-4-9-17)15-16-7-5-6-10-21(16)23/h2-10,18-20H,11-15H2,1H3/t18-,19+,20?. The Hall–Kier alpha value is -1.85. The van der Waals surface area contributed by atoms with Crippen LogP contribution in [0.25, 0.3) is 0 Å². The van der Waals surface area contributed by atoms with Crippen molar-refractivity contribution in [1.29, 1.82) is 0 Å². The van der Waals surface area contributed by atoms with Crippen LogP contribution in [-0.2, 0) is 11.3 Å². The molecule has 2 heterocycles. The number of ether oxygens (including phenoxy) is 1. The molecule has 0 aromatic heterocycles. The first-order chi connectivity index (χ1) is 13.1. The number of hydrogen-bond acceptors (Lipinski definition) is 3. The van der Waals surface area contributed by atoms with Crippen LogP contribution in [0.4, 0.5) is 10.5 Å². The first-order valence-corrected chi connectivity index (χ1v) is 10.4. The molecule has 0 saturated carbocycles. The highest BCUT2D eigenvalue weighted by atomic mass is 79.9. The molecular weight excluding hydrogens is 404 g/mol. The van der Waals surface area contributed by atoms with Crippen LogP contribution in [0.5, 0.6) is 0 Å². The van der Waals surface area contributed by atoms with Gasteiger partial charge >= 0.3 is 6.09 Å². The van der Waals surface area contributed by atoms with Gasteiger partial charge in [0.05, 0.1) is 6.54 Å². The van der Waals surface area contributed by atoms with Gasteiger partial charge < -0.3 is 9.64 Å². The second-order valence-electron chi connectivity index (χ2n) is 7.54. The Morgan fingerprint density at radius 1 is 1.07 bits per heavy atom. The molecule has 0 radical (unpaired) electrons. The molecule has 2 fully saturated rings. The lowest BCUT2D eigenvalue weighted by atomic mass is 10.0. The molecule has 5 heteroatoms. The number of amides is 1. The van der Waals surface area contributed by atoms with Gasteiger partial charge in [0.1, 0.15) is 6.10 Å². The normalized spacial score (nSPS) is 24.6. The van der Waals surface area contributed by atoms with Crippen LogP contribution in [0.15, 0.2) is 59.1 Å². The van der Waals surface area contributed by atoms with Crippen molar-refractivity contribution < 1.29 is 9.53 Å². The summed E-state index contributed by atoms with van der Waals surface area (Å²) >= 11 is 3.59. The third-order valence-corrected chi connectivity index (χ3v) is 6.67. The maximum Gasteiger partial charge on any atom is 0.414 e. The van der Waals surface area contributed by atoms with Gasteiger partial charge in [-0.25, -0.2) is 4.79 Å². The van der Waals surface area contributed by atoms with E-state index in [0.29, 0.717) is 18.6 Å². The zero-order valence-electron chi connectivity index (χ0n) is 15.6.